The molecule has 1 aromatic heterocycles. The predicted octanol–water partition coefficient (Wildman–Crippen LogP) is 5.04. The summed E-state index contributed by atoms with van der Waals surface area (Å²) in [6.07, 6.45) is 1.65. The number of rotatable bonds is 8. The zero-order valence-electron chi connectivity index (χ0n) is 21.2. The minimum atomic E-state index is -0.191. The van der Waals surface area contributed by atoms with E-state index in [1.165, 1.54) is 16.9 Å². The first-order chi connectivity index (χ1) is 17.3. The van der Waals surface area contributed by atoms with Crippen molar-refractivity contribution in [3.05, 3.63) is 75.2 Å². The van der Waals surface area contributed by atoms with Crippen LogP contribution in [0.1, 0.15) is 63.9 Å². The Labute approximate surface area is 216 Å². The number of carbonyl (C=O) groups excluding carboxylic acids is 2. The summed E-state index contributed by atoms with van der Waals surface area (Å²) in [5.41, 5.74) is 3.75. The van der Waals surface area contributed by atoms with Crippen LogP contribution in [0.4, 0.5) is 0 Å². The number of hydrogen-bond acceptors (Lipinski definition) is 6. The standard InChI is InChI=1S/C28H33N3O4S/c1-18-8-9-24(14-19(18)2)35-16-26(32)31-12-10-21(11-13-31)28-30-25(17-36-28)27(33)29-20(3)22-6-5-7-23(15-22)34-4/h5-9,14-15,17,20-21H,10-13,16H2,1-4H3,(H,29,33). The van der Waals surface area contributed by atoms with Gasteiger partial charge >= 0.3 is 0 Å². The summed E-state index contributed by atoms with van der Waals surface area (Å²) >= 11 is 1.51. The first kappa shape index (κ1) is 25.7. The Bertz CT molecular complexity index is 1220. The van der Waals surface area contributed by atoms with Gasteiger partial charge in [-0.1, -0.05) is 18.2 Å². The second kappa shape index (κ2) is 11.6. The Morgan fingerprint density at radius 1 is 1.11 bits per heavy atom. The van der Waals surface area contributed by atoms with E-state index in [9.17, 15) is 9.59 Å². The fourth-order valence-electron chi connectivity index (χ4n) is 4.26. The van der Waals surface area contributed by atoms with Crippen molar-refractivity contribution in [2.45, 2.75) is 45.6 Å². The van der Waals surface area contributed by atoms with E-state index in [0.29, 0.717) is 18.8 Å². The smallest absolute Gasteiger partial charge is 0.271 e. The van der Waals surface area contributed by atoms with Gasteiger partial charge in [-0.15, -0.1) is 11.3 Å². The monoisotopic (exact) mass is 507 g/mol. The van der Waals surface area contributed by atoms with Crippen LogP contribution in [0.25, 0.3) is 0 Å². The van der Waals surface area contributed by atoms with Gasteiger partial charge in [-0.05, 0) is 74.6 Å². The SMILES string of the molecule is COc1cccc(C(C)NC(=O)c2csc(C3CCN(C(=O)COc4ccc(C)c(C)c4)CC3)n2)c1. The van der Waals surface area contributed by atoms with Crippen molar-refractivity contribution in [1.82, 2.24) is 15.2 Å². The van der Waals surface area contributed by atoms with Crippen LogP contribution in [0.2, 0.25) is 0 Å². The lowest BCUT2D eigenvalue weighted by atomic mass is 9.97. The molecule has 7 nitrogen and oxygen atoms in total. The molecule has 1 N–H and O–H groups in total. The van der Waals surface area contributed by atoms with Gasteiger partial charge < -0.3 is 19.7 Å². The molecule has 2 heterocycles. The molecule has 4 rings (SSSR count). The van der Waals surface area contributed by atoms with E-state index >= 15 is 0 Å². The summed E-state index contributed by atoms with van der Waals surface area (Å²) in [5.74, 6) is 1.53. The van der Waals surface area contributed by atoms with Crippen LogP contribution in [0.5, 0.6) is 11.5 Å². The number of amides is 2. The second-order valence-corrected chi connectivity index (χ2v) is 10.1. The molecule has 1 fully saturated rings. The highest BCUT2D eigenvalue weighted by Gasteiger charge is 2.27. The summed E-state index contributed by atoms with van der Waals surface area (Å²) in [5, 5.41) is 5.79. The van der Waals surface area contributed by atoms with Crippen LogP contribution in [-0.2, 0) is 4.79 Å². The molecule has 0 aliphatic carbocycles. The number of piperidine rings is 1. The van der Waals surface area contributed by atoms with Crippen molar-refractivity contribution in [2.75, 3.05) is 26.8 Å². The van der Waals surface area contributed by atoms with Crippen LogP contribution < -0.4 is 14.8 Å². The first-order valence-corrected chi connectivity index (χ1v) is 13.1. The Morgan fingerprint density at radius 2 is 1.89 bits per heavy atom. The molecule has 0 saturated carbocycles. The lowest BCUT2D eigenvalue weighted by Crippen LogP contribution is -2.40. The molecular formula is C28H33N3O4S. The Balaban J connectivity index is 1.26. The van der Waals surface area contributed by atoms with Crippen molar-refractivity contribution in [3.63, 3.8) is 0 Å². The van der Waals surface area contributed by atoms with Gasteiger partial charge in [0.15, 0.2) is 6.61 Å². The van der Waals surface area contributed by atoms with Crippen molar-refractivity contribution >= 4 is 23.2 Å². The zero-order chi connectivity index (χ0) is 25.7. The van der Waals surface area contributed by atoms with Gasteiger partial charge in [-0.25, -0.2) is 4.98 Å². The maximum atomic E-state index is 12.8. The van der Waals surface area contributed by atoms with Crippen LogP contribution in [0, 0.1) is 13.8 Å². The third-order valence-corrected chi connectivity index (χ3v) is 7.74. The summed E-state index contributed by atoms with van der Waals surface area (Å²) < 4.78 is 11.0. The van der Waals surface area contributed by atoms with E-state index in [1.807, 2.05) is 66.6 Å². The van der Waals surface area contributed by atoms with Crippen LogP contribution in [-0.4, -0.2) is 48.5 Å². The van der Waals surface area contributed by atoms with E-state index in [4.69, 9.17) is 9.47 Å². The van der Waals surface area contributed by atoms with Gasteiger partial charge in [0.1, 0.15) is 17.2 Å². The quantitative estimate of drug-likeness (QED) is 0.462. The molecule has 190 valence electrons. The van der Waals surface area contributed by atoms with Gasteiger partial charge in [0, 0.05) is 24.4 Å². The lowest BCUT2D eigenvalue weighted by molar-refractivity contribution is -0.134. The van der Waals surface area contributed by atoms with Crippen LogP contribution in [0.15, 0.2) is 47.8 Å². The number of hydrogen-bond donors (Lipinski definition) is 1. The number of nitrogens with zero attached hydrogens (tertiary/aromatic N) is 2. The van der Waals surface area contributed by atoms with E-state index in [2.05, 4.69) is 17.2 Å². The van der Waals surface area contributed by atoms with Crippen molar-refractivity contribution < 1.29 is 19.1 Å². The Hall–Kier alpha value is -3.39. The van der Waals surface area contributed by atoms with Crippen molar-refractivity contribution in [3.8, 4) is 11.5 Å². The molecule has 0 bridgehead atoms. The van der Waals surface area contributed by atoms with E-state index in [1.54, 1.807) is 7.11 Å². The molecule has 2 aromatic carbocycles. The van der Waals surface area contributed by atoms with E-state index in [-0.39, 0.29) is 30.4 Å². The molecule has 0 spiro atoms. The molecule has 1 aliphatic rings. The fourth-order valence-corrected chi connectivity index (χ4v) is 5.23. The summed E-state index contributed by atoms with van der Waals surface area (Å²) in [6, 6.07) is 13.4. The van der Waals surface area contributed by atoms with Gasteiger partial charge in [-0.2, -0.15) is 0 Å². The van der Waals surface area contributed by atoms with Gasteiger partial charge in [-0.3, -0.25) is 9.59 Å². The van der Waals surface area contributed by atoms with Crippen LogP contribution >= 0.6 is 11.3 Å². The molecule has 1 atom stereocenters. The Kier molecular flexibility index (Phi) is 8.25. The number of ether oxygens (including phenoxy) is 2. The number of likely N-dealkylation sites (tertiary alicyclic amines) is 1. The largest absolute Gasteiger partial charge is 0.497 e. The van der Waals surface area contributed by atoms with E-state index in [0.717, 1.165) is 40.5 Å². The third-order valence-electron chi connectivity index (χ3n) is 6.73. The molecule has 0 radical (unpaired) electrons. The van der Waals surface area contributed by atoms with Crippen molar-refractivity contribution in [1.29, 1.82) is 0 Å². The van der Waals surface area contributed by atoms with Gasteiger partial charge in [0.05, 0.1) is 18.2 Å². The predicted molar refractivity (Wildman–Crippen MR) is 141 cm³/mol. The number of thiazole rings is 1. The topological polar surface area (TPSA) is 80.8 Å². The number of methoxy groups -OCH3 is 1. The van der Waals surface area contributed by atoms with Crippen LogP contribution in [0.3, 0.4) is 0 Å². The molecular weight excluding hydrogens is 474 g/mol. The highest BCUT2D eigenvalue weighted by molar-refractivity contribution is 7.09. The van der Waals surface area contributed by atoms with Crippen molar-refractivity contribution in [2.24, 2.45) is 0 Å². The molecule has 3 aromatic rings. The van der Waals surface area contributed by atoms with Gasteiger partial charge in [0.25, 0.3) is 11.8 Å². The molecule has 1 unspecified atom stereocenters. The molecule has 8 heteroatoms. The highest BCUT2D eigenvalue weighted by atomic mass is 32.1. The van der Waals surface area contributed by atoms with E-state index < -0.39 is 0 Å². The second-order valence-electron chi connectivity index (χ2n) is 9.23. The zero-order valence-corrected chi connectivity index (χ0v) is 22.1. The summed E-state index contributed by atoms with van der Waals surface area (Å²) in [6.45, 7) is 7.39. The molecule has 2 amide bonds. The molecule has 1 aliphatic heterocycles. The summed E-state index contributed by atoms with van der Waals surface area (Å²) in [4.78, 5) is 31.9. The summed E-state index contributed by atoms with van der Waals surface area (Å²) in [7, 11) is 1.62. The number of benzene rings is 2. The Morgan fingerprint density at radius 3 is 2.61 bits per heavy atom. The minimum absolute atomic E-state index is 0.00239. The minimum Gasteiger partial charge on any atom is -0.497 e. The highest BCUT2D eigenvalue weighted by Crippen LogP contribution is 2.31. The number of aryl methyl sites for hydroxylation is 2. The average Bonchev–Trinajstić information content (AvgIpc) is 3.40. The maximum absolute atomic E-state index is 12.8. The molecule has 36 heavy (non-hydrogen) atoms. The number of aromatic nitrogens is 1. The maximum Gasteiger partial charge on any atom is 0.271 e. The first-order valence-electron chi connectivity index (χ1n) is 12.2. The van der Waals surface area contributed by atoms with Gasteiger partial charge in [0.2, 0.25) is 0 Å². The fraction of sp³-hybridized carbons (Fsp3) is 0.393. The number of carbonyl (C=O) groups is 2. The molecule has 1 saturated heterocycles. The average molecular weight is 508 g/mol. The third kappa shape index (κ3) is 6.23. The lowest BCUT2D eigenvalue weighted by Gasteiger charge is -2.31. The normalized spacial score (nSPS) is 14.8. The number of nitrogens with one attached hydrogen (secondary N) is 1.